The predicted octanol–water partition coefficient (Wildman–Crippen LogP) is 2.84. The highest BCUT2D eigenvalue weighted by molar-refractivity contribution is 5.08. The average molecular weight is 298 g/mol. The maximum Gasteiger partial charge on any atom is 0.201 e. The summed E-state index contributed by atoms with van der Waals surface area (Å²) in [4.78, 5) is 11.8. The summed E-state index contributed by atoms with van der Waals surface area (Å²) < 4.78 is 17.9. The van der Waals surface area contributed by atoms with Crippen LogP contribution in [0.5, 0.6) is 0 Å². The Kier molecular flexibility index (Phi) is 3.19. The molecule has 120 valence electrons. The van der Waals surface area contributed by atoms with Gasteiger partial charge < -0.3 is 14.2 Å². The minimum Gasteiger partial charge on any atom is -0.355 e. The van der Waals surface area contributed by atoms with Gasteiger partial charge in [0.2, 0.25) is 5.79 Å². The highest BCUT2D eigenvalue weighted by Gasteiger charge is 2.69. The van der Waals surface area contributed by atoms with Gasteiger partial charge >= 0.3 is 0 Å². The summed E-state index contributed by atoms with van der Waals surface area (Å²) in [5.41, 5.74) is -0.470. The molecule has 5 fully saturated rings. The molecule has 0 aromatic carbocycles. The lowest BCUT2D eigenvalue weighted by atomic mass is 9.58. The molecule has 4 aliphatic heterocycles. The van der Waals surface area contributed by atoms with Crippen LogP contribution < -0.4 is 0 Å². The number of rotatable bonds is 1. The van der Waals surface area contributed by atoms with E-state index in [2.05, 4.69) is 13.8 Å². The third kappa shape index (κ3) is 1.81. The van der Waals surface area contributed by atoms with Crippen molar-refractivity contribution in [1.29, 1.82) is 0 Å². The van der Waals surface area contributed by atoms with Gasteiger partial charge in [-0.15, -0.1) is 0 Å². The first-order valence-electron chi connectivity index (χ1n) is 8.23. The smallest absolute Gasteiger partial charge is 0.201 e. The number of hydrogen-bond donors (Lipinski definition) is 0. The van der Waals surface area contributed by atoms with E-state index in [1.807, 2.05) is 6.92 Å². The third-order valence-electron chi connectivity index (χ3n) is 6.33. The fourth-order valence-corrected chi connectivity index (χ4v) is 5.14. The minimum atomic E-state index is -0.698. The molecule has 4 heterocycles. The van der Waals surface area contributed by atoms with Gasteiger partial charge in [-0.05, 0) is 38.0 Å². The van der Waals surface area contributed by atoms with Gasteiger partial charge in [0.05, 0.1) is 0 Å². The molecule has 0 aromatic heterocycles. The lowest BCUT2D eigenvalue weighted by Gasteiger charge is -2.60. The summed E-state index contributed by atoms with van der Waals surface area (Å²) >= 11 is 0. The van der Waals surface area contributed by atoms with E-state index < -0.39 is 17.7 Å². The SMILES string of the molecule is COC1O[C@@H]2O[C@]3(C)CC[C@H]4[C@H](C)CC[C@@H]([C@H]1C)[C@@]24OO3. The van der Waals surface area contributed by atoms with Crippen LogP contribution in [-0.4, -0.2) is 31.1 Å². The molecule has 0 amide bonds. The van der Waals surface area contributed by atoms with Crippen LogP contribution >= 0.6 is 0 Å². The van der Waals surface area contributed by atoms with Gasteiger partial charge in [-0.1, -0.05) is 13.8 Å². The molecule has 4 saturated heterocycles. The lowest BCUT2D eigenvalue weighted by molar-refractivity contribution is -0.577. The van der Waals surface area contributed by atoms with Gasteiger partial charge in [0.25, 0.3) is 0 Å². The fraction of sp³-hybridized carbons (Fsp3) is 1.00. The fourth-order valence-electron chi connectivity index (χ4n) is 5.14. The van der Waals surface area contributed by atoms with E-state index in [0.29, 0.717) is 17.8 Å². The van der Waals surface area contributed by atoms with Crippen molar-refractivity contribution < 1.29 is 24.0 Å². The summed E-state index contributed by atoms with van der Waals surface area (Å²) in [6.45, 7) is 6.46. The molecule has 1 aliphatic carbocycles. The van der Waals surface area contributed by atoms with Crippen LogP contribution in [-0.2, 0) is 24.0 Å². The molecule has 0 radical (unpaired) electrons. The van der Waals surface area contributed by atoms with E-state index in [9.17, 15) is 0 Å². The third-order valence-corrected chi connectivity index (χ3v) is 6.33. The first kappa shape index (κ1) is 14.4. The molecule has 1 spiro atoms. The second-order valence-electron chi connectivity index (χ2n) is 7.51. The normalized spacial score (nSPS) is 59.4. The molecule has 2 bridgehead atoms. The Bertz CT molecular complexity index is 429. The van der Waals surface area contributed by atoms with Crippen molar-refractivity contribution in [1.82, 2.24) is 0 Å². The summed E-state index contributed by atoms with van der Waals surface area (Å²) in [6.07, 6.45) is 3.64. The summed E-state index contributed by atoms with van der Waals surface area (Å²) in [6, 6.07) is 0. The second-order valence-corrected chi connectivity index (χ2v) is 7.51. The maximum absolute atomic E-state index is 6.21. The molecular formula is C16H26O5. The molecule has 1 saturated carbocycles. The Hall–Kier alpha value is -0.200. The molecule has 5 heteroatoms. The van der Waals surface area contributed by atoms with Crippen molar-refractivity contribution in [2.24, 2.45) is 23.7 Å². The molecule has 5 nitrogen and oxygen atoms in total. The van der Waals surface area contributed by atoms with E-state index in [4.69, 9.17) is 24.0 Å². The Morgan fingerprint density at radius 3 is 2.62 bits per heavy atom. The van der Waals surface area contributed by atoms with Crippen LogP contribution in [0, 0.1) is 23.7 Å². The van der Waals surface area contributed by atoms with Crippen LogP contribution in [0.1, 0.15) is 46.5 Å². The van der Waals surface area contributed by atoms with Crippen LogP contribution in [0.2, 0.25) is 0 Å². The van der Waals surface area contributed by atoms with Crippen molar-refractivity contribution in [3.63, 3.8) is 0 Å². The topological polar surface area (TPSA) is 46.2 Å². The number of fused-ring (bicyclic) bond motifs is 2. The quantitative estimate of drug-likeness (QED) is 0.697. The Labute approximate surface area is 126 Å². The molecular weight excluding hydrogens is 272 g/mol. The van der Waals surface area contributed by atoms with Gasteiger partial charge in [0, 0.05) is 25.4 Å². The lowest BCUT2D eigenvalue weighted by Crippen LogP contribution is -2.70. The van der Waals surface area contributed by atoms with Crippen LogP contribution in [0.3, 0.4) is 0 Å². The molecule has 8 atom stereocenters. The highest BCUT2D eigenvalue weighted by Crippen LogP contribution is 2.60. The van der Waals surface area contributed by atoms with Gasteiger partial charge in [-0.2, -0.15) is 0 Å². The maximum atomic E-state index is 6.21. The highest BCUT2D eigenvalue weighted by atomic mass is 17.3. The van der Waals surface area contributed by atoms with E-state index in [1.165, 1.54) is 6.42 Å². The average Bonchev–Trinajstić information content (AvgIpc) is 2.69. The monoisotopic (exact) mass is 298 g/mol. The van der Waals surface area contributed by atoms with Crippen molar-refractivity contribution in [3.05, 3.63) is 0 Å². The Morgan fingerprint density at radius 2 is 1.86 bits per heavy atom. The standard InChI is InChI=1S/C16H26O5/c1-9-5-6-12-10(2)13(17-4)18-14-16(12)11(9)7-8-15(3,19-14)20-21-16/h9-14H,5-8H2,1-4H3/t9-,10-,11+,12+,13?,14-,15+,16-/m1/s1. The molecule has 0 N–H and O–H groups in total. The first-order chi connectivity index (χ1) is 10.00. The zero-order valence-electron chi connectivity index (χ0n) is 13.3. The van der Waals surface area contributed by atoms with Crippen molar-refractivity contribution in [2.45, 2.75) is 70.4 Å². The van der Waals surface area contributed by atoms with Crippen molar-refractivity contribution in [3.8, 4) is 0 Å². The predicted molar refractivity (Wildman–Crippen MR) is 73.8 cm³/mol. The van der Waals surface area contributed by atoms with E-state index in [-0.39, 0.29) is 12.2 Å². The van der Waals surface area contributed by atoms with E-state index >= 15 is 0 Å². The van der Waals surface area contributed by atoms with Crippen LogP contribution in [0.15, 0.2) is 0 Å². The number of methoxy groups -OCH3 is 1. The van der Waals surface area contributed by atoms with Crippen molar-refractivity contribution >= 4 is 0 Å². The Morgan fingerprint density at radius 1 is 1.05 bits per heavy atom. The van der Waals surface area contributed by atoms with Gasteiger partial charge in [0.1, 0.15) is 0 Å². The summed E-state index contributed by atoms with van der Waals surface area (Å²) in [5, 5.41) is 0. The van der Waals surface area contributed by atoms with Gasteiger partial charge in [-0.3, -0.25) is 0 Å². The Balaban J connectivity index is 1.79. The van der Waals surface area contributed by atoms with Crippen LogP contribution in [0.4, 0.5) is 0 Å². The van der Waals surface area contributed by atoms with E-state index in [0.717, 1.165) is 19.3 Å². The minimum absolute atomic E-state index is 0.230. The molecule has 5 rings (SSSR count). The molecule has 1 unspecified atom stereocenters. The largest absolute Gasteiger partial charge is 0.355 e. The van der Waals surface area contributed by atoms with Crippen molar-refractivity contribution in [2.75, 3.05) is 7.11 Å². The zero-order chi connectivity index (χ0) is 14.8. The molecule has 0 aromatic rings. The zero-order valence-corrected chi connectivity index (χ0v) is 13.3. The summed E-state index contributed by atoms with van der Waals surface area (Å²) in [7, 11) is 1.70. The van der Waals surface area contributed by atoms with Crippen LogP contribution in [0.25, 0.3) is 0 Å². The van der Waals surface area contributed by atoms with Gasteiger partial charge in [0.15, 0.2) is 18.2 Å². The molecule has 5 aliphatic rings. The summed E-state index contributed by atoms with van der Waals surface area (Å²) in [5.74, 6) is 0.953. The number of hydrogen-bond acceptors (Lipinski definition) is 5. The second kappa shape index (κ2) is 4.65. The number of ether oxygens (including phenoxy) is 3. The first-order valence-corrected chi connectivity index (χ1v) is 8.23. The van der Waals surface area contributed by atoms with E-state index in [1.54, 1.807) is 7.11 Å². The van der Waals surface area contributed by atoms with Gasteiger partial charge in [-0.25, -0.2) is 9.78 Å². The molecule has 21 heavy (non-hydrogen) atoms.